The maximum atomic E-state index is 11.7. The van der Waals surface area contributed by atoms with Crippen molar-refractivity contribution in [2.75, 3.05) is 26.4 Å². The van der Waals surface area contributed by atoms with Crippen molar-refractivity contribution in [3.8, 4) is 23.0 Å². The molecule has 3 aromatic carbocycles. The molecule has 0 aromatic heterocycles. The number of carbonyl (C=O) groups excluding carboxylic acids is 4. The zero-order valence-electron chi connectivity index (χ0n) is 26.7. The average Bonchev–Trinajstić information content (AvgIpc) is 3.58. The molecule has 254 valence electrons. The molecule has 3 aromatic rings. The van der Waals surface area contributed by atoms with Gasteiger partial charge in [0.1, 0.15) is 23.0 Å². The van der Waals surface area contributed by atoms with Gasteiger partial charge in [-0.1, -0.05) is 53.9 Å². The van der Waals surface area contributed by atoms with Crippen LogP contribution in [0.1, 0.15) is 49.7 Å². The lowest BCUT2D eigenvalue weighted by Gasteiger charge is -2.11. The van der Waals surface area contributed by atoms with Gasteiger partial charge in [0.05, 0.1) is 36.9 Å². The van der Waals surface area contributed by atoms with Crippen LogP contribution in [0.4, 0.5) is 9.59 Å². The van der Waals surface area contributed by atoms with Gasteiger partial charge in [0, 0.05) is 6.07 Å². The summed E-state index contributed by atoms with van der Waals surface area (Å²) in [6.07, 6.45) is 6.66. The number of rotatable bonds is 20. The number of hydrogen-bond acceptors (Lipinski definition) is 10. The van der Waals surface area contributed by atoms with Gasteiger partial charge in [-0.05, 0) is 98.9 Å². The summed E-state index contributed by atoms with van der Waals surface area (Å²) in [5.41, 5.74) is 1.99. The first-order chi connectivity index (χ1) is 23.4. The van der Waals surface area contributed by atoms with Crippen LogP contribution >= 0.6 is 23.5 Å². The Morgan fingerprint density at radius 1 is 0.479 bits per heavy atom. The topological polar surface area (TPSA) is 129 Å². The second kappa shape index (κ2) is 18.4. The zero-order chi connectivity index (χ0) is 33.6. The third kappa shape index (κ3) is 11.5. The van der Waals surface area contributed by atoms with Crippen LogP contribution in [0.2, 0.25) is 0 Å². The number of ether oxygens (including phenoxy) is 4. The first kappa shape index (κ1) is 35.2. The van der Waals surface area contributed by atoms with Crippen molar-refractivity contribution in [2.45, 2.75) is 61.9 Å². The van der Waals surface area contributed by atoms with E-state index in [0.29, 0.717) is 39.3 Å². The lowest BCUT2D eigenvalue weighted by molar-refractivity contribution is -0.119. The number of unbranched alkanes of at least 4 members (excludes halogenated alkanes) is 4. The summed E-state index contributed by atoms with van der Waals surface area (Å²) in [4.78, 5) is 46.2. The summed E-state index contributed by atoms with van der Waals surface area (Å²) < 4.78 is 23.5. The van der Waals surface area contributed by atoms with Crippen molar-refractivity contribution in [1.29, 1.82) is 0 Å². The molecule has 2 unspecified atom stereocenters. The third-order valence-electron chi connectivity index (χ3n) is 7.68. The largest absolute Gasteiger partial charge is 0.494 e. The monoisotopic (exact) mass is 692 g/mol. The summed E-state index contributed by atoms with van der Waals surface area (Å²) >= 11 is 2.08. The van der Waals surface area contributed by atoms with E-state index in [2.05, 4.69) is 10.6 Å². The predicted octanol–water partition coefficient (Wildman–Crippen LogP) is 6.73. The van der Waals surface area contributed by atoms with Crippen molar-refractivity contribution in [2.24, 2.45) is 0 Å². The van der Waals surface area contributed by atoms with Crippen LogP contribution < -0.4 is 29.6 Å². The molecule has 2 heterocycles. The quantitative estimate of drug-likeness (QED) is 0.123. The zero-order valence-corrected chi connectivity index (χ0v) is 28.3. The van der Waals surface area contributed by atoms with Crippen LogP contribution in [-0.4, -0.2) is 59.2 Å². The summed E-state index contributed by atoms with van der Waals surface area (Å²) in [6.45, 7) is 2.47. The number of carbonyl (C=O) groups is 4. The molecule has 0 spiro atoms. The normalized spacial score (nSPS) is 17.2. The van der Waals surface area contributed by atoms with E-state index in [1.165, 1.54) is 0 Å². The summed E-state index contributed by atoms with van der Waals surface area (Å²) in [7, 11) is 0. The van der Waals surface area contributed by atoms with E-state index in [1.807, 2.05) is 72.8 Å². The van der Waals surface area contributed by atoms with Gasteiger partial charge in [0.2, 0.25) is 11.8 Å². The predicted molar refractivity (Wildman–Crippen MR) is 186 cm³/mol. The molecule has 10 nitrogen and oxygen atoms in total. The molecule has 0 radical (unpaired) electrons. The van der Waals surface area contributed by atoms with E-state index in [4.69, 9.17) is 18.9 Å². The van der Waals surface area contributed by atoms with E-state index in [9.17, 15) is 19.2 Å². The first-order valence-corrected chi connectivity index (χ1v) is 18.0. The van der Waals surface area contributed by atoms with Gasteiger partial charge >= 0.3 is 0 Å². The lowest BCUT2D eigenvalue weighted by atomic mass is 10.1. The van der Waals surface area contributed by atoms with E-state index in [1.54, 1.807) is 0 Å². The maximum absolute atomic E-state index is 11.7. The fourth-order valence-corrected chi connectivity index (χ4v) is 6.82. The third-order valence-corrected chi connectivity index (χ3v) is 9.64. The van der Waals surface area contributed by atoms with Crippen LogP contribution in [0.15, 0.2) is 72.8 Å². The number of benzene rings is 3. The van der Waals surface area contributed by atoms with Gasteiger partial charge in [0.25, 0.3) is 10.5 Å². The van der Waals surface area contributed by atoms with E-state index in [0.717, 1.165) is 96.2 Å². The Kier molecular flexibility index (Phi) is 13.5. The van der Waals surface area contributed by atoms with Gasteiger partial charge in [-0.25, -0.2) is 0 Å². The van der Waals surface area contributed by atoms with Crippen LogP contribution in [-0.2, 0) is 22.4 Å². The van der Waals surface area contributed by atoms with Crippen LogP contribution in [0, 0.1) is 0 Å². The van der Waals surface area contributed by atoms with E-state index < -0.39 is 0 Å². The Bertz CT molecular complexity index is 1420. The molecule has 2 aliphatic heterocycles. The van der Waals surface area contributed by atoms with Crippen molar-refractivity contribution < 1.29 is 38.1 Å². The molecular formula is C36H40N2O8S2. The molecule has 0 saturated carbocycles. The van der Waals surface area contributed by atoms with Gasteiger partial charge in [-0.2, -0.15) is 0 Å². The summed E-state index contributed by atoms with van der Waals surface area (Å²) in [5, 5.41) is 3.34. The number of thioether (sulfide) groups is 2. The van der Waals surface area contributed by atoms with Gasteiger partial charge < -0.3 is 18.9 Å². The standard InChI is InChI=1S/C36H40N2O8S2/c39-33-31(47-35(41)37-33)22-25-10-14-27(15-11-25)43-18-3-1-5-20-45-29-8-7-9-30(24-29)46-21-6-2-4-19-44-28-16-12-26(13-17-28)23-32-34(40)38-36(42)48-32/h7-17,24,31-32H,1-6,18-23H2,(H,37,39,41)(H,38,40,42). The van der Waals surface area contributed by atoms with Crippen LogP contribution in [0.3, 0.4) is 0 Å². The summed E-state index contributed by atoms with van der Waals surface area (Å²) in [5.74, 6) is 2.71. The van der Waals surface area contributed by atoms with Gasteiger partial charge in [-0.15, -0.1) is 0 Å². The fourth-order valence-electron chi connectivity index (χ4n) is 5.10. The molecule has 2 N–H and O–H groups in total. The number of nitrogens with one attached hydrogen (secondary N) is 2. The Hall–Kier alpha value is -4.16. The van der Waals surface area contributed by atoms with Gasteiger partial charge in [-0.3, -0.25) is 29.8 Å². The van der Waals surface area contributed by atoms with Crippen molar-refractivity contribution >= 4 is 45.8 Å². The second-order valence-electron chi connectivity index (χ2n) is 11.5. The SMILES string of the molecule is O=C1NC(=O)C(Cc2ccc(OCCCCCOc3cccc(OCCCCCOc4ccc(CC5SC(=O)NC5=O)cc4)c3)cc2)S1. The second-order valence-corrected chi connectivity index (χ2v) is 13.8. The Morgan fingerprint density at radius 3 is 1.21 bits per heavy atom. The van der Waals surface area contributed by atoms with Gasteiger partial charge in [0.15, 0.2) is 0 Å². The Balaban J connectivity index is 0.862. The minimum Gasteiger partial charge on any atom is -0.494 e. The highest BCUT2D eigenvalue weighted by molar-refractivity contribution is 8.15. The van der Waals surface area contributed by atoms with E-state index in [-0.39, 0.29) is 32.8 Å². The fraction of sp³-hybridized carbons (Fsp3) is 0.389. The summed E-state index contributed by atoms with van der Waals surface area (Å²) in [6, 6.07) is 23.1. The molecule has 2 aliphatic rings. The van der Waals surface area contributed by atoms with Crippen molar-refractivity contribution in [3.05, 3.63) is 83.9 Å². The lowest BCUT2D eigenvalue weighted by Crippen LogP contribution is -2.25. The Labute approximate surface area is 289 Å². The Morgan fingerprint density at radius 2 is 0.854 bits per heavy atom. The maximum Gasteiger partial charge on any atom is 0.286 e. The van der Waals surface area contributed by atoms with Crippen LogP contribution in [0.25, 0.3) is 0 Å². The van der Waals surface area contributed by atoms with E-state index >= 15 is 0 Å². The van der Waals surface area contributed by atoms with Crippen molar-refractivity contribution in [1.82, 2.24) is 10.6 Å². The van der Waals surface area contributed by atoms with Crippen molar-refractivity contribution in [3.63, 3.8) is 0 Å². The minimum absolute atomic E-state index is 0.225. The van der Waals surface area contributed by atoms with Crippen LogP contribution in [0.5, 0.6) is 23.0 Å². The molecule has 0 bridgehead atoms. The molecule has 2 fully saturated rings. The molecule has 2 saturated heterocycles. The average molecular weight is 693 g/mol. The first-order valence-electron chi connectivity index (χ1n) is 16.2. The molecule has 5 rings (SSSR count). The highest BCUT2D eigenvalue weighted by atomic mass is 32.2. The minimum atomic E-state index is -0.363. The number of imide groups is 2. The molecular weight excluding hydrogens is 653 g/mol. The molecule has 0 aliphatic carbocycles. The molecule has 2 atom stereocenters. The smallest absolute Gasteiger partial charge is 0.286 e. The highest BCUT2D eigenvalue weighted by Crippen LogP contribution is 2.25. The molecule has 12 heteroatoms. The number of hydrogen-bond donors (Lipinski definition) is 2. The number of amides is 4. The molecule has 4 amide bonds. The molecule has 48 heavy (non-hydrogen) atoms. The highest BCUT2D eigenvalue weighted by Gasteiger charge is 2.32.